The van der Waals surface area contributed by atoms with Gasteiger partial charge in [-0.25, -0.2) is 8.78 Å². The molecule has 0 atom stereocenters. The lowest BCUT2D eigenvalue weighted by atomic mass is 10.2. The number of hydrogen-bond donors (Lipinski definition) is 1. The normalized spacial score (nSPS) is 10.1. The molecule has 0 saturated heterocycles. The second kappa shape index (κ2) is 3.31. The molecule has 6 heteroatoms. The molecule has 0 aliphatic heterocycles. The van der Waals surface area contributed by atoms with Crippen molar-refractivity contribution in [1.82, 2.24) is 4.98 Å². The van der Waals surface area contributed by atoms with Gasteiger partial charge in [-0.2, -0.15) is 9.65 Å². The molecule has 1 aromatic heterocycles. The summed E-state index contributed by atoms with van der Waals surface area (Å²) in [5.41, 5.74) is -2.80. The number of aromatic amines is 1. The lowest BCUT2D eigenvalue weighted by Gasteiger charge is -1.99. The molecule has 0 unspecified atom stereocenters. The predicted octanol–water partition coefficient (Wildman–Crippen LogP) is 1.32. The summed E-state index contributed by atoms with van der Waals surface area (Å²) in [5, 5.41) is 8.24. The highest BCUT2D eigenvalue weighted by molar-refractivity contribution is 5.24. The molecule has 0 fully saturated rings. The van der Waals surface area contributed by atoms with E-state index < -0.39 is 23.4 Å². The first-order valence-corrected chi connectivity index (χ1v) is 3.17. The van der Waals surface area contributed by atoms with Crippen LogP contribution in [0, 0.1) is 17.3 Å². The molecule has 1 heterocycles. The van der Waals surface area contributed by atoms with Crippen LogP contribution in [0.2, 0.25) is 0 Å². The first-order valence-electron chi connectivity index (χ1n) is 3.17. The van der Waals surface area contributed by atoms with Crippen LogP contribution < -0.4 is 5.43 Å². The Morgan fingerprint density at radius 2 is 2.15 bits per heavy atom. The maximum Gasteiger partial charge on any atom is 0.271 e. The molecule has 1 N–H and O–H groups in total. The van der Waals surface area contributed by atoms with Crippen LogP contribution in [0.4, 0.5) is 13.2 Å². The van der Waals surface area contributed by atoms with Crippen LogP contribution in [0.3, 0.4) is 0 Å². The van der Waals surface area contributed by atoms with Crippen LogP contribution in [0.25, 0.3) is 0 Å². The smallest absolute Gasteiger partial charge is 0.271 e. The van der Waals surface area contributed by atoms with Crippen molar-refractivity contribution in [3.05, 3.63) is 33.5 Å². The van der Waals surface area contributed by atoms with Crippen molar-refractivity contribution in [3.8, 4) is 6.07 Å². The average molecular weight is 188 g/mol. The van der Waals surface area contributed by atoms with E-state index in [4.69, 9.17) is 5.26 Å². The minimum absolute atomic E-state index is 0.382. The van der Waals surface area contributed by atoms with Crippen LogP contribution in [-0.4, -0.2) is 4.98 Å². The third-order valence-corrected chi connectivity index (χ3v) is 1.36. The van der Waals surface area contributed by atoms with Gasteiger partial charge in [-0.05, 0) is 0 Å². The maximum absolute atomic E-state index is 12.7. The molecule has 0 aliphatic carbocycles. The summed E-state index contributed by atoms with van der Waals surface area (Å²) in [6, 6.07) is 2.06. The highest BCUT2D eigenvalue weighted by atomic mass is 19.3. The number of nitrogens with one attached hydrogen (secondary N) is 1. The second-order valence-corrected chi connectivity index (χ2v) is 2.19. The summed E-state index contributed by atoms with van der Waals surface area (Å²) in [6.07, 6.45) is -3.18. The van der Waals surface area contributed by atoms with E-state index in [1.54, 1.807) is 4.98 Å². The first kappa shape index (κ1) is 9.32. The Bertz CT molecular complexity index is 419. The van der Waals surface area contributed by atoms with Crippen molar-refractivity contribution in [2.24, 2.45) is 0 Å². The topological polar surface area (TPSA) is 56.6 Å². The van der Waals surface area contributed by atoms with Crippen LogP contribution in [0.15, 0.2) is 10.9 Å². The summed E-state index contributed by atoms with van der Waals surface area (Å²) in [6.45, 7) is 0. The Kier molecular flexibility index (Phi) is 2.37. The molecule has 0 radical (unpaired) electrons. The molecular formula is C7H3F3N2O. The van der Waals surface area contributed by atoms with Crippen molar-refractivity contribution in [2.45, 2.75) is 6.43 Å². The van der Waals surface area contributed by atoms with Gasteiger partial charge in [0.05, 0.1) is 0 Å². The molecule has 3 nitrogen and oxygen atoms in total. The minimum Gasteiger partial charge on any atom is -0.323 e. The fraction of sp³-hybridized carbons (Fsp3) is 0.143. The zero-order chi connectivity index (χ0) is 10.0. The summed E-state index contributed by atoms with van der Waals surface area (Å²) in [4.78, 5) is 12.5. The number of rotatable bonds is 1. The van der Waals surface area contributed by atoms with Gasteiger partial charge >= 0.3 is 0 Å². The van der Waals surface area contributed by atoms with Crippen LogP contribution >= 0.6 is 0 Å². The Balaban J connectivity index is 3.43. The maximum atomic E-state index is 12.7. The number of nitriles is 1. The molecule has 1 aromatic rings. The van der Waals surface area contributed by atoms with Crippen LogP contribution in [0.1, 0.15) is 17.7 Å². The Hall–Kier alpha value is -1.77. The molecule has 0 spiro atoms. The van der Waals surface area contributed by atoms with Gasteiger partial charge in [-0.1, -0.05) is 0 Å². The van der Waals surface area contributed by atoms with E-state index in [1.807, 2.05) is 0 Å². The largest absolute Gasteiger partial charge is 0.323 e. The number of pyridine rings is 1. The number of H-pyrrole nitrogens is 1. The lowest BCUT2D eigenvalue weighted by Crippen LogP contribution is -2.13. The van der Waals surface area contributed by atoms with Crippen molar-refractivity contribution in [1.29, 1.82) is 5.26 Å². The zero-order valence-electron chi connectivity index (χ0n) is 6.14. The number of halogens is 3. The first-order chi connectivity index (χ1) is 6.06. The standard InChI is InChI=1S/C7H3F3N2O/c8-6(9)5-4(13)1-3(2-11)12-7(5)10/h1,6H,(H,12,13). The van der Waals surface area contributed by atoms with Crippen LogP contribution in [-0.2, 0) is 0 Å². The molecule has 13 heavy (non-hydrogen) atoms. The van der Waals surface area contributed by atoms with Crippen molar-refractivity contribution < 1.29 is 13.2 Å². The van der Waals surface area contributed by atoms with E-state index in [0.717, 1.165) is 0 Å². The highest BCUT2D eigenvalue weighted by Gasteiger charge is 2.18. The molecule has 68 valence electrons. The average Bonchev–Trinajstić information content (AvgIpc) is 2.02. The zero-order valence-corrected chi connectivity index (χ0v) is 6.14. The van der Waals surface area contributed by atoms with Gasteiger partial charge in [0, 0.05) is 6.07 Å². The molecule has 1 rings (SSSR count). The van der Waals surface area contributed by atoms with Crippen LogP contribution in [0.5, 0.6) is 0 Å². The van der Waals surface area contributed by atoms with Gasteiger partial charge in [0.1, 0.15) is 17.3 Å². The molecule has 0 amide bonds. The van der Waals surface area contributed by atoms with E-state index >= 15 is 0 Å². The Morgan fingerprint density at radius 3 is 2.54 bits per heavy atom. The third kappa shape index (κ3) is 1.69. The fourth-order valence-corrected chi connectivity index (χ4v) is 0.802. The summed E-state index contributed by atoms with van der Waals surface area (Å²) < 4.78 is 36.6. The highest BCUT2D eigenvalue weighted by Crippen LogP contribution is 2.16. The number of alkyl halides is 2. The Morgan fingerprint density at radius 1 is 1.54 bits per heavy atom. The molecule has 0 aromatic carbocycles. The van der Waals surface area contributed by atoms with Gasteiger partial charge in [0.15, 0.2) is 5.43 Å². The monoisotopic (exact) mass is 188 g/mol. The van der Waals surface area contributed by atoms with E-state index in [2.05, 4.69) is 0 Å². The second-order valence-electron chi connectivity index (χ2n) is 2.19. The van der Waals surface area contributed by atoms with E-state index in [0.29, 0.717) is 6.07 Å². The van der Waals surface area contributed by atoms with E-state index in [9.17, 15) is 18.0 Å². The van der Waals surface area contributed by atoms with E-state index in [1.165, 1.54) is 6.07 Å². The minimum atomic E-state index is -3.18. The third-order valence-electron chi connectivity index (χ3n) is 1.36. The molecule has 0 aliphatic rings. The predicted molar refractivity (Wildman–Crippen MR) is 36.7 cm³/mol. The molecule has 0 saturated carbocycles. The Labute approximate surface area is 70.4 Å². The molecular weight excluding hydrogens is 185 g/mol. The molecule has 0 bridgehead atoms. The van der Waals surface area contributed by atoms with Gasteiger partial charge < -0.3 is 4.98 Å². The summed E-state index contributed by atoms with van der Waals surface area (Å²) in [5.74, 6) is -1.46. The van der Waals surface area contributed by atoms with Crippen molar-refractivity contribution in [3.63, 3.8) is 0 Å². The van der Waals surface area contributed by atoms with Crippen molar-refractivity contribution >= 4 is 0 Å². The van der Waals surface area contributed by atoms with E-state index in [-0.39, 0.29) is 5.69 Å². The number of hydrogen-bond acceptors (Lipinski definition) is 2. The van der Waals surface area contributed by atoms with Gasteiger partial charge in [-0.15, -0.1) is 0 Å². The summed E-state index contributed by atoms with van der Waals surface area (Å²) >= 11 is 0. The summed E-state index contributed by atoms with van der Waals surface area (Å²) in [7, 11) is 0. The fourth-order valence-electron chi connectivity index (χ4n) is 0.802. The van der Waals surface area contributed by atoms with Gasteiger partial charge in [0.2, 0.25) is 5.95 Å². The lowest BCUT2D eigenvalue weighted by molar-refractivity contribution is 0.144. The SMILES string of the molecule is N#Cc1cc(=O)c(C(F)F)c(F)[nH]1. The van der Waals surface area contributed by atoms with Gasteiger partial charge in [0.25, 0.3) is 6.43 Å². The number of nitrogens with zero attached hydrogens (tertiary/aromatic N) is 1. The van der Waals surface area contributed by atoms with Crippen molar-refractivity contribution in [2.75, 3.05) is 0 Å². The quantitative estimate of drug-likeness (QED) is 0.675. The number of aromatic nitrogens is 1. The van der Waals surface area contributed by atoms with Gasteiger partial charge in [-0.3, -0.25) is 4.79 Å².